The fourth-order valence-corrected chi connectivity index (χ4v) is 2.95. The monoisotopic (exact) mass is 351 g/mol. The van der Waals surface area contributed by atoms with Gasteiger partial charge in [-0.25, -0.2) is 4.98 Å². The second-order valence-corrected chi connectivity index (χ2v) is 6.40. The molecule has 1 amide bonds. The summed E-state index contributed by atoms with van der Waals surface area (Å²) in [6.07, 6.45) is 1.53. The molecule has 4 rings (SSSR count). The van der Waals surface area contributed by atoms with Crippen LogP contribution in [0.3, 0.4) is 0 Å². The molecule has 0 saturated heterocycles. The molecule has 1 N–H and O–H groups in total. The van der Waals surface area contributed by atoms with Crippen molar-refractivity contribution in [1.29, 1.82) is 0 Å². The molecule has 3 heterocycles. The van der Waals surface area contributed by atoms with Gasteiger partial charge in [0.25, 0.3) is 5.91 Å². The zero-order valence-corrected chi connectivity index (χ0v) is 14.0. The third kappa shape index (κ3) is 3.22. The van der Waals surface area contributed by atoms with Crippen LogP contribution in [0.2, 0.25) is 0 Å². The van der Waals surface area contributed by atoms with Crippen molar-refractivity contribution in [2.24, 2.45) is 0 Å². The van der Waals surface area contributed by atoms with E-state index in [1.165, 1.54) is 6.26 Å². The Morgan fingerprint density at radius 3 is 2.68 bits per heavy atom. The molecule has 0 radical (unpaired) electrons. The molecule has 0 aliphatic carbocycles. The summed E-state index contributed by atoms with van der Waals surface area (Å²) in [5.41, 5.74) is 2.79. The van der Waals surface area contributed by atoms with E-state index in [-0.39, 0.29) is 11.6 Å². The summed E-state index contributed by atoms with van der Waals surface area (Å²) >= 11 is 1.61. The van der Waals surface area contributed by atoms with E-state index in [1.807, 2.05) is 36.6 Å². The minimum Gasteiger partial charge on any atom is -0.461 e. The summed E-state index contributed by atoms with van der Waals surface area (Å²) in [6, 6.07) is 12.5. The second-order valence-electron chi connectivity index (χ2n) is 5.34. The van der Waals surface area contributed by atoms with E-state index in [2.05, 4.69) is 15.5 Å². The van der Waals surface area contributed by atoms with E-state index in [0.29, 0.717) is 17.2 Å². The predicted molar refractivity (Wildman–Crippen MR) is 94.4 cm³/mol. The molecule has 0 saturated carbocycles. The smallest absolute Gasteiger partial charge is 0.277 e. The summed E-state index contributed by atoms with van der Waals surface area (Å²) in [7, 11) is 0. The number of aryl methyl sites for hydroxylation is 1. The average molecular weight is 351 g/mol. The van der Waals surface area contributed by atoms with Gasteiger partial charge in [0, 0.05) is 22.7 Å². The van der Waals surface area contributed by atoms with Gasteiger partial charge in [0.2, 0.25) is 5.76 Å². The van der Waals surface area contributed by atoms with E-state index in [9.17, 15) is 4.79 Å². The molecule has 7 heteroatoms. The van der Waals surface area contributed by atoms with Gasteiger partial charge in [0.1, 0.15) is 0 Å². The first kappa shape index (κ1) is 15.3. The number of nitrogens with one attached hydrogen (secondary N) is 1. The first-order valence-corrected chi connectivity index (χ1v) is 8.41. The number of hydrogen-bond donors (Lipinski definition) is 1. The Labute approximate surface area is 147 Å². The van der Waals surface area contributed by atoms with Crippen LogP contribution >= 0.6 is 11.3 Å². The lowest BCUT2D eigenvalue weighted by atomic mass is 10.1. The molecule has 4 aromatic rings. The van der Waals surface area contributed by atoms with Crippen LogP contribution in [0, 0.1) is 6.92 Å². The van der Waals surface area contributed by atoms with Gasteiger partial charge in [0.05, 0.1) is 17.0 Å². The molecule has 0 bridgehead atoms. The van der Waals surface area contributed by atoms with Crippen molar-refractivity contribution in [3.63, 3.8) is 0 Å². The van der Waals surface area contributed by atoms with Gasteiger partial charge in [-0.2, -0.15) is 0 Å². The van der Waals surface area contributed by atoms with Crippen molar-refractivity contribution in [1.82, 2.24) is 10.1 Å². The van der Waals surface area contributed by atoms with E-state index in [0.717, 1.165) is 16.3 Å². The van der Waals surface area contributed by atoms with Crippen LogP contribution in [0.1, 0.15) is 15.5 Å². The maximum absolute atomic E-state index is 12.3. The highest BCUT2D eigenvalue weighted by Crippen LogP contribution is 2.24. The maximum Gasteiger partial charge on any atom is 0.277 e. The summed E-state index contributed by atoms with van der Waals surface area (Å²) < 4.78 is 10.4. The molecular weight excluding hydrogens is 338 g/mol. The number of amides is 1. The van der Waals surface area contributed by atoms with Crippen molar-refractivity contribution in [2.75, 3.05) is 5.32 Å². The van der Waals surface area contributed by atoms with E-state index in [4.69, 9.17) is 8.94 Å². The highest BCUT2D eigenvalue weighted by Gasteiger charge is 2.15. The average Bonchev–Trinajstić information content (AvgIpc) is 3.36. The maximum atomic E-state index is 12.3. The number of carbonyl (C=O) groups is 1. The van der Waals surface area contributed by atoms with Crippen molar-refractivity contribution >= 4 is 22.9 Å². The first-order valence-electron chi connectivity index (χ1n) is 7.53. The molecule has 0 aliphatic heterocycles. The molecule has 25 heavy (non-hydrogen) atoms. The Morgan fingerprint density at radius 1 is 1.16 bits per heavy atom. The van der Waals surface area contributed by atoms with Crippen molar-refractivity contribution in [3.8, 4) is 22.8 Å². The normalized spacial score (nSPS) is 10.8. The second kappa shape index (κ2) is 6.37. The summed E-state index contributed by atoms with van der Waals surface area (Å²) in [6.45, 7) is 1.97. The number of hydrogen-bond acceptors (Lipinski definition) is 6. The lowest BCUT2D eigenvalue weighted by Crippen LogP contribution is -2.11. The van der Waals surface area contributed by atoms with E-state index < -0.39 is 0 Å². The fraction of sp³-hybridized carbons (Fsp3) is 0.0556. The topological polar surface area (TPSA) is 81.2 Å². The number of aromatic nitrogens is 2. The standard InChI is InChI=1S/C18H13N3O3S/c1-11-19-15(10-25-11)12-4-6-13(7-5-12)20-18(22)14-9-17(24-21-14)16-3-2-8-23-16/h2-10H,1H3,(H,20,22). The number of nitrogens with zero attached hydrogens (tertiary/aromatic N) is 2. The zero-order valence-electron chi connectivity index (χ0n) is 13.2. The van der Waals surface area contributed by atoms with Gasteiger partial charge in [-0.3, -0.25) is 4.79 Å². The number of carbonyl (C=O) groups excluding carboxylic acids is 1. The van der Waals surface area contributed by atoms with Crippen LogP contribution in [0.25, 0.3) is 22.8 Å². The summed E-state index contributed by atoms with van der Waals surface area (Å²) in [4.78, 5) is 16.7. The SMILES string of the molecule is Cc1nc(-c2ccc(NC(=O)c3cc(-c4ccco4)on3)cc2)cs1. The largest absolute Gasteiger partial charge is 0.461 e. The van der Waals surface area contributed by atoms with Gasteiger partial charge in [-0.15, -0.1) is 11.3 Å². The Balaban J connectivity index is 1.47. The molecule has 6 nitrogen and oxygen atoms in total. The zero-order chi connectivity index (χ0) is 17.2. The van der Waals surface area contributed by atoms with Crippen LogP contribution in [0.15, 0.2) is 63.0 Å². The minimum atomic E-state index is -0.348. The molecule has 0 atom stereocenters. The summed E-state index contributed by atoms with van der Waals surface area (Å²) in [5, 5.41) is 9.60. The summed E-state index contributed by atoms with van der Waals surface area (Å²) in [5.74, 6) is 0.581. The highest BCUT2D eigenvalue weighted by molar-refractivity contribution is 7.09. The van der Waals surface area contributed by atoms with Gasteiger partial charge in [-0.05, 0) is 31.2 Å². The molecule has 124 valence electrons. The molecule has 0 aliphatic rings. The highest BCUT2D eigenvalue weighted by atomic mass is 32.1. The number of thiazole rings is 1. The number of rotatable bonds is 4. The van der Waals surface area contributed by atoms with Gasteiger partial charge in [-0.1, -0.05) is 17.3 Å². The minimum absolute atomic E-state index is 0.186. The van der Waals surface area contributed by atoms with Gasteiger partial charge in [0.15, 0.2) is 11.5 Å². The first-order chi connectivity index (χ1) is 12.2. The molecule has 1 aromatic carbocycles. The lowest BCUT2D eigenvalue weighted by Gasteiger charge is -2.03. The third-order valence-electron chi connectivity index (χ3n) is 3.56. The molecular formula is C18H13N3O3S. The lowest BCUT2D eigenvalue weighted by molar-refractivity contribution is 0.101. The van der Waals surface area contributed by atoms with Crippen LogP contribution in [0.5, 0.6) is 0 Å². The van der Waals surface area contributed by atoms with Crippen LogP contribution < -0.4 is 5.32 Å². The molecule has 0 fully saturated rings. The van der Waals surface area contributed by atoms with Gasteiger partial charge >= 0.3 is 0 Å². The Bertz CT molecular complexity index is 1000. The van der Waals surface area contributed by atoms with Crippen LogP contribution in [-0.4, -0.2) is 16.0 Å². The molecule has 3 aromatic heterocycles. The molecule has 0 unspecified atom stereocenters. The Kier molecular flexibility index (Phi) is 3.91. The van der Waals surface area contributed by atoms with Crippen molar-refractivity contribution < 1.29 is 13.7 Å². The third-order valence-corrected chi connectivity index (χ3v) is 4.34. The predicted octanol–water partition coefficient (Wildman–Crippen LogP) is 4.62. The van der Waals surface area contributed by atoms with Crippen LogP contribution in [0.4, 0.5) is 5.69 Å². The number of anilines is 1. The van der Waals surface area contributed by atoms with Crippen molar-refractivity contribution in [3.05, 3.63) is 64.8 Å². The van der Waals surface area contributed by atoms with E-state index in [1.54, 1.807) is 29.5 Å². The number of furan rings is 1. The number of benzene rings is 1. The van der Waals surface area contributed by atoms with E-state index >= 15 is 0 Å². The van der Waals surface area contributed by atoms with Gasteiger partial charge < -0.3 is 14.3 Å². The fourth-order valence-electron chi connectivity index (χ4n) is 2.33. The van der Waals surface area contributed by atoms with Crippen molar-refractivity contribution in [2.45, 2.75) is 6.92 Å². The molecule has 0 spiro atoms. The Hall–Kier alpha value is -3.19. The van der Waals surface area contributed by atoms with Crippen LogP contribution in [-0.2, 0) is 0 Å². The Morgan fingerprint density at radius 2 is 2.00 bits per heavy atom. The quantitative estimate of drug-likeness (QED) is 0.580.